The zero-order valence-electron chi connectivity index (χ0n) is 10.8. The highest BCUT2D eigenvalue weighted by molar-refractivity contribution is 5.77. The van der Waals surface area contributed by atoms with E-state index in [0.717, 1.165) is 12.2 Å². The van der Waals surface area contributed by atoms with Crippen molar-refractivity contribution >= 4 is 5.78 Å². The van der Waals surface area contributed by atoms with Crippen LogP contribution in [-0.2, 0) is 4.79 Å². The van der Waals surface area contributed by atoms with Gasteiger partial charge in [0.25, 0.3) is 0 Å². The Kier molecular flexibility index (Phi) is 3.98. The van der Waals surface area contributed by atoms with Gasteiger partial charge in [-0.25, -0.2) is 0 Å². The molecule has 0 saturated heterocycles. The van der Waals surface area contributed by atoms with Crippen molar-refractivity contribution in [2.24, 2.45) is 0 Å². The molecule has 0 N–H and O–H groups in total. The van der Waals surface area contributed by atoms with Crippen LogP contribution in [-0.4, -0.2) is 12.9 Å². The summed E-state index contributed by atoms with van der Waals surface area (Å²) in [6.45, 7) is 1.65. The number of methoxy groups -OCH3 is 1. The van der Waals surface area contributed by atoms with Crippen molar-refractivity contribution in [1.29, 1.82) is 0 Å². The second-order valence-corrected chi connectivity index (χ2v) is 4.57. The summed E-state index contributed by atoms with van der Waals surface area (Å²) in [5, 5.41) is 0. The highest BCUT2D eigenvalue weighted by Gasteiger charge is 2.18. The Morgan fingerprint density at radius 2 is 2.06 bits per heavy atom. The molecule has 0 amide bonds. The van der Waals surface area contributed by atoms with Gasteiger partial charge in [0.15, 0.2) is 0 Å². The molecule has 94 valence electrons. The lowest BCUT2D eigenvalue weighted by molar-refractivity contribution is -0.117. The van der Waals surface area contributed by atoms with Crippen molar-refractivity contribution in [3.63, 3.8) is 0 Å². The molecule has 0 bridgehead atoms. The van der Waals surface area contributed by atoms with Crippen LogP contribution in [0.2, 0.25) is 0 Å². The smallest absolute Gasteiger partial charge is 0.130 e. The Balaban J connectivity index is 2.26. The SMILES string of the molecule is COc1ccc(C(CC(C)=O)C2=CCC=C2)cc1. The largest absolute Gasteiger partial charge is 0.497 e. The number of carbonyl (C=O) groups excluding carboxylic acids is 1. The van der Waals surface area contributed by atoms with Crippen molar-refractivity contribution in [2.75, 3.05) is 7.11 Å². The van der Waals surface area contributed by atoms with E-state index in [9.17, 15) is 4.79 Å². The third-order valence-electron chi connectivity index (χ3n) is 3.21. The summed E-state index contributed by atoms with van der Waals surface area (Å²) in [7, 11) is 1.66. The van der Waals surface area contributed by atoms with Crippen molar-refractivity contribution in [3.8, 4) is 5.75 Å². The molecular weight excluding hydrogens is 224 g/mol. The van der Waals surface area contributed by atoms with E-state index in [-0.39, 0.29) is 11.7 Å². The number of rotatable bonds is 5. The van der Waals surface area contributed by atoms with Crippen LogP contribution in [0.1, 0.15) is 31.2 Å². The third-order valence-corrected chi connectivity index (χ3v) is 3.21. The number of ketones is 1. The standard InChI is InChI=1S/C16H18O2/c1-12(17)11-16(13-5-3-4-6-13)14-7-9-15(18-2)10-8-14/h3,5-10,16H,4,11H2,1-2H3. The zero-order chi connectivity index (χ0) is 13.0. The summed E-state index contributed by atoms with van der Waals surface area (Å²) < 4.78 is 5.16. The van der Waals surface area contributed by atoms with Crippen molar-refractivity contribution in [1.82, 2.24) is 0 Å². The fraction of sp³-hybridized carbons (Fsp3) is 0.312. The molecular formula is C16H18O2. The molecule has 0 heterocycles. The van der Waals surface area contributed by atoms with Crippen LogP contribution in [0.5, 0.6) is 5.75 Å². The summed E-state index contributed by atoms with van der Waals surface area (Å²) in [5.41, 5.74) is 2.42. The van der Waals surface area contributed by atoms with Crippen LogP contribution in [0.4, 0.5) is 0 Å². The molecule has 1 aromatic carbocycles. The first-order chi connectivity index (χ1) is 8.70. The highest BCUT2D eigenvalue weighted by atomic mass is 16.5. The van der Waals surface area contributed by atoms with Gasteiger partial charge in [-0.05, 0) is 36.6 Å². The first-order valence-corrected chi connectivity index (χ1v) is 6.20. The molecule has 1 aromatic rings. The lowest BCUT2D eigenvalue weighted by Gasteiger charge is -2.17. The third kappa shape index (κ3) is 2.89. The Hall–Kier alpha value is -1.83. The molecule has 0 aromatic heterocycles. The summed E-state index contributed by atoms with van der Waals surface area (Å²) in [6.07, 6.45) is 7.98. The van der Waals surface area contributed by atoms with Gasteiger partial charge >= 0.3 is 0 Å². The number of Topliss-reactive ketones (excluding diaryl/α,β-unsaturated/α-hetero) is 1. The minimum absolute atomic E-state index is 0.173. The second kappa shape index (κ2) is 5.67. The van der Waals surface area contributed by atoms with Crippen molar-refractivity contribution in [3.05, 3.63) is 53.6 Å². The summed E-state index contributed by atoms with van der Waals surface area (Å²) in [4.78, 5) is 11.4. The van der Waals surface area contributed by atoms with E-state index in [2.05, 4.69) is 18.2 Å². The number of hydrogen-bond donors (Lipinski definition) is 0. The van der Waals surface area contributed by atoms with Gasteiger partial charge in [-0.1, -0.05) is 30.4 Å². The van der Waals surface area contributed by atoms with E-state index in [1.165, 1.54) is 11.1 Å². The Labute approximate surface area is 108 Å². The van der Waals surface area contributed by atoms with E-state index in [0.29, 0.717) is 6.42 Å². The number of benzene rings is 1. The predicted octanol–water partition coefficient (Wildman–Crippen LogP) is 3.64. The molecule has 2 heteroatoms. The molecule has 0 radical (unpaired) electrons. The summed E-state index contributed by atoms with van der Waals surface area (Å²) >= 11 is 0. The lowest BCUT2D eigenvalue weighted by Crippen LogP contribution is -2.06. The second-order valence-electron chi connectivity index (χ2n) is 4.57. The number of carbonyl (C=O) groups is 1. The average Bonchev–Trinajstić information content (AvgIpc) is 2.89. The van der Waals surface area contributed by atoms with Crippen LogP contribution in [0, 0.1) is 0 Å². The molecule has 2 rings (SSSR count). The van der Waals surface area contributed by atoms with E-state index < -0.39 is 0 Å². The quantitative estimate of drug-likeness (QED) is 0.788. The number of allylic oxidation sites excluding steroid dienone is 4. The molecule has 0 fully saturated rings. The van der Waals surface area contributed by atoms with Crippen molar-refractivity contribution in [2.45, 2.75) is 25.7 Å². The van der Waals surface area contributed by atoms with Crippen LogP contribution >= 0.6 is 0 Å². The Morgan fingerprint density at radius 3 is 2.56 bits per heavy atom. The van der Waals surface area contributed by atoms with Crippen molar-refractivity contribution < 1.29 is 9.53 Å². The van der Waals surface area contributed by atoms with Gasteiger partial charge in [0.1, 0.15) is 11.5 Å². The minimum Gasteiger partial charge on any atom is -0.497 e. The normalized spacial score (nSPS) is 15.3. The van der Waals surface area contributed by atoms with Gasteiger partial charge in [0.2, 0.25) is 0 Å². The molecule has 0 spiro atoms. The van der Waals surface area contributed by atoms with E-state index in [1.807, 2.05) is 24.3 Å². The maximum absolute atomic E-state index is 11.4. The van der Waals surface area contributed by atoms with Crippen LogP contribution in [0.3, 0.4) is 0 Å². The minimum atomic E-state index is 0.173. The zero-order valence-corrected chi connectivity index (χ0v) is 10.8. The van der Waals surface area contributed by atoms with Gasteiger partial charge in [0, 0.05) is 12.3 Å². The highest BCUT2D eigenvalue weighted by Crippen LogP contribution is 2.32. The van der Waals surface area contributed by atoms with Crippen LogP contribution in [0.25, 0.3) is 0 Å². The molecule has 18 heavy (non-hydrogen) atoms. The van der Waals surface area contributed by atoms with E-state index >= 15 is 0 Å². The van der Waals surface area contributed by atoms with Crippen LogP contribution in [0.15, 0.2) is 48.1 Å². The van der Waals surface area contributed by atoms with E-state index in [1.54, 1.807) is 14.0 Å². The van der Waals surface area contributed by atoms with Gasteiger partial charge in [0.05, 0.1) is 7.11 Å². The molecule has 0 aliphatic heterocycles. The molecule has 2 nitrogen and oxygen atoms in total. The predicted molar refractivity (Wildman–Crippen MR) is 72.9 cm³/mol. The Morgan fingerprint density at radius 1 is 1.33 bits per heavy atom. The van der Waals surface area contributed by atoms with Gasteiger partial charge < -0.3 is 4.74 Å². The first kappa shape index (κ1) is 12.6. The van der Waals surface area contributed by atoms with Gasteiger partial charge in [-0.15, -0.1) is 0 Å². The number of ether oxygens (including phenoxy) is 1. The fourth-order valence-electron chi connectivity index (χ4n) is 2.29. The molecule has 1 aliphatic rings. The topological polar surface area (TPSA) is 26.3 Å². The molecule has 1 unspecified atom stereocenters. The monoisotopic (exact) mass is 242 g/mol. The lowest BCUT2D eigenvalue weighted by atomic mass is 9.87. The number of hydrogen-bond acceptors (Lipinski definition) is 2. The first-order valence-electron chi connectivity index (χ1n) is 6.20. The summed E-state index contributed by atoms with van der Waals surface area (Å²) in [6, 6.07) is 7.97. The fourth-order valence-corrected chi connectivity index (χ4v) is 2.29. The van der Waals surface area contributed by atoms with Crippen LogP contribution < -0.4 is 4.74 Å². The molecule has 1 aliphatic carbocycles. The molecule has 0 saturated carbocycles. The summed E-state index contributed by atoms with van der Waals surface area (Å²) in [5.74, 6) is 1.24. The maximum atomic E-state index is 11.4. The maximum Gasteiger partial charge on any atom is 0.130 e. The molecule has 1 atom stereocenters. The van der Waals surface area contributed by atoms with E-state index in [4.69, 9.17) is 4.74 Å². The van der Waals surface area contributed by atoms with Gasteiger partial charge in [-0.3, -0.25) is 4.79 Å². The average molecular weight is 242 g/mol. The van der Waals surface area contributed by atoms with Gasteiger partial charge in [-0.2, -0.15) is 0 Å². The Bertz CT molecular complexity index is 480.